The SMILES string of the molecule is C=C(C)COc1ccc(NC(=S)NC(=O)c2cccs2)cc1. The minimum absolute atomic E-state index is 0.214. The molecule has 0 radical (unpaired) electrons. The minimum atomic E-state index is -0.214. The van der Waals surface area contributed by atoms with Gasteiger partial charge in [0.15, 0.2) is 5.11 Å². The third kappa shape index (κ3) is 4.98. The standard InChI is InChI=1S/C16H16N2O2S2/c1-11(2)10-20-13-7-5-12(6-8-13)17-16(21)18-15(19)14-4-3-9-22-14/h3-9H,1,10H2,2H3,(H2,17,18,19,21). The molecule has 0 fully saturated rings. The molecule has 22 heavy (non-hydrogen) atoms. The first-order valence-electron chi connectivity index (χ1n) is 6.57. The number of amides is 1. The monoisotopic (exact) mass is 332 g/mol. The number of nitrogens with one attached hydrogen (secondary N) is 2. The Morgan fingerprint density at radius 1 is 1.32 bits per heavy atom. The molecule has 0 aliphatic heterocycles. The number of carbonyl (C=O) groups is 1. The van der Waals surface area contributed by atoms with Gasteiger partial charge in [-0.25, -0.2) is 0 Å². The van der Waals surface area contributed by atoms with Crippen molar-refractivity contribution < 1.29 is 9.53 Å². The van der Waals surface area contributed by atoms with Crippen LogP contribution in [-0.2, 0) is 0 Å². The fraction of sp³-hybridized carbons (Fsp3) is 0.125. The summed E-state index contributed by atoms with van der Waals surface area (Å²) in [5.74, 6) is 0.538. The Kier molecular flexibility index (Phi) is 5.68. The van der Waals surface area contributed by atoms with Crippen LogP contribution in [0.2, 0.25) is 0 Å². The molecule has 0 atom stereocenters. The number of ether oxygens (including phenoxy) is 1. The molecule has 0 unspecified atom stereocenters. The predicted octanol–water partition coefficient (Wildman–Crippen LogP) is 3.83. The second-order valence-electron chi connectivity index (χ2n) is 4.66. The second kappa shape index (κ2) is 7.72. The van der Waals surface area contributed by atoms with E-state index in [0.717, 1.165) is 17.0 Å². The van der Waals surface area contributed by atoms with Crippen molar-refractivity contribution in [2.75, 3.05) is 11.9 Å². The first-order chi connectivity index (χ1) is 10.5. The van der Waals surface area contributed by atoms with E-state index in [1.807, 2.05) is 42.6 Å². The maximum Gasteiger partial charge on any atom is 0.267 e. The lowest BCUT2D eigenvalue weighted by atomic mass is 10.3. The van der Waals surface area contributed by atoms with Gasteiger partial charge in [-0.1, -0.05) is 12.6 Å². The molecule has 4 nitrogen and oxygen atoms in total. The summed E-state index contributed by atoms with van der Waals surface area (Å²) in [6.45, 7) is 6.18. The highest BCUT2D eigenvalue weighted by atomic mass is 32.1. The van der Waals surface area contributed by atoms with Crippen molar-refractivity contribution in [1.82, 2.24) is 5.32 Å². The fourth-order valence-electron chi connectivity index (χ4n) is 1.58. The number of benzene rings is 1. The van der Waals surface area contributed by atoms with Crippen LogP contribution in [0.5, 0.6) is 5.75 Å². The number of rotatable bonds is 5. The molecule has 1 aromatic heterocycles. The Hall–Kier alpha value is -2.18. The molecule has 114 valence electrons. The van der Waals surface area contributed by atoms with E-state index >= 15 is 0 Å². The minimum Gasteiger partial charge on any atom is -0.489 e. The summed E-state index contributed by atoms with van der Waals surface area (Å²) in [5, 5.41) is 7.69. The van der Waals surface area contributed by atoms with Crippen molar-refractivity contribution in [3.05, 3.63) is 58.8 Å². The maximum absolute atomic E-state index is 11.9. The highest BCUT2D eigenvalue weighted by Gasteiger charge is 2.08. The highest BCUT2D eigenvalue weighted by Crippen LogP contribution is 2.16. The van der Waals surface area contributed by atoms with Crippen LogP contribution in [0, 0.1) is 0 Å². The third-order valence-corrected chi connectivity index (χ3v) is 3.64. The number of carbonyl (C=O) groups excluding carboxylic acids is 1. The van der Waals surface area contributed by atoms with Crippen LogP contribution in [0.15, 0.2) is 53.9 Å². The summed E-state index contributed by atoms with van der Waals surface area (Å²) in [4.78, 5) is 12.5. The maximum atomic E-state index is 11.9. The highest BCUT2D eigenvalue weighted by molar-refractivity contribution is 7.80. The Balaban J connectivity index is 1.86. The van der Waals surface area contributed by atoms with Gasteiger partial charge in [0, 0.05) is 5.69 Å². The molecular weight excluding hydrogens is 316 g/mol. The summed E-state index contributed by atoms with van der Waals surface area (Å²) < 4.78 is 5.51. The Morgan fingerprint density at radius 2 is 2.05 bits per heavy atom. The van der Waals surface area contributed by atoms with Crippen molar-refractivity contribution in [1.29, 1.82) is 0 Å². The lowest BCUT2D eigenvalue weighted by molar-refractivity contribution is 0.0981. The quantitative estimate of drug-likeness (QED) is 0.645. The Labute approximate surface area is 138 Å². The van der Waals surface area contributed by atoms with E-state index in [2.05, 4.69) is 17.2 Å². The zero-order valence-corrected chi connectivity index (χ0v) is 13.7. The van der Waals surface area contributed by atoms with Gasteiger partial charge in [-0.15, -0.1) is 11.3 Å². The van der Waals surface area contributed by atoms with Crippen LogP contribution in [0.1, 0.15) is 16.6 Å². The van der Waals surface area contributed by atoms with Crippen molar-refractivity contribution in [3.8, 4) is 5.75 Å². The van der Waals surface area contributed by atoms with Crippen LogP contribution in [0.25, 0.3) is 0 Å². The van der Waals surface area contributed by atoms with Gasteiger partial charge < -0.3 is 10.1 Å². The van der Waals surface area contributed by atoms with Crippen LogP contribution in [-0.4, -0.2) is 17.6 Å². The van der Waals surface area contributed by atoms with E-state index in [9.17, 15) is 4.79 Å². The molecule has 1 heterocycles. The normalized spacial score (nSPS) is 9.86. The van der Waals surface area contributed by atoms with Crippen molar-refractivity contribution >= 4 is 40.3 Å². The molecule has 1 aromatic carbocycles. The molecule has 0 aliphatic carbocycles. The summed E-state index contributed by atoms with van der Waals surface area (Å²) in [6.07, 6.45) is 0. The van der Waals surface area contributed by atoms with Gasteiger partial charge in [-0.05, 0) is 60.4 Å². The summed E-state index contributed by atoms with van der Waals surface area (Å²) in [7, 11) is 0. The summed E-state index contributed by atoms with van der Waals surface area (Å²) in [5.41, 5.74) is 1.74. The number of anilines is 1. The third-order valence-electron chi connectivity index (χ3n) is 2.57. The van der Waals surface area contributed by atoms with E-state index in [4.69, 9.17) is 17.0 Å². The van der Waals surface area contributed by atoms with Gasteiger partial charge in [-0.3, -0.25) is 10.1 Å². The van der Waals surface area contributed by atoms with Gasteiger partial charge in [0.05, 0.1) is 4.88 Å². The van der Waals surface area contributed by atoms with Crippen molar-refractivity contribution in [2.45, 2.75) is 6.92 Å². The van der Waals surface area contributed by atoms with E-state index < -0.39 is 0 Å². The zero-order valence-electron chi connectivity index (χ0n) is 12.1. The lowest BCUT2D eigenvalue weighted by Crippen LogP contribution is -2.33. The second-order valence-corrected chi connectivity index (χ2v) is 6.01. The van der Waals surface area contributed by atoms with Crippen LogP contribution >= 0.6 is 23.6 Å². The van der Waals surface area contributed by atoms with Gasteiger partial charge >= 0.3 is 0 Å². The Bertz CT molecular complexity index is 664. The molecule has 0 saturated carbocycles. The van der Waals surface area contributed by atoms with Gasteiger partial charge in [0.1, 0.15) is 12.4 Å². The molecule has 0 saturated heterocycles. The molecular formula is C16H16N2O2S2. The summed E-state index contributed by atoms with van der Waals surface area (Å²) in [6, 6.07) is 10.9. The lowest BCUT2D eigenvalue weighted by Gasteiger charge is -2.10. The number of thiocarbonyl (C=S) groups is 1. The number of thiophene rings is 1. The Morgan fingerprint density at radius 3 is 2.64 bits per heavy atom. The molecule has 6 heteroatoms. The van der Waals surface area contributed by atoms with E-state index in [1.54, 1.807) is 6.07 Å². The van der Waals surface area contributed by atoms with E-state index in [1.165, 1.54) is 11.3 Å². The topological polar surface area (TPSA) is 50.4 Å². The molecule has 0 spiro atoms. The van der Waals surface area contributed by atoms with Gasteiger partial charge in [-0.2, -0.15) is 0 Å². The molecule has 0 bridgehead atoms. The van der Waals surface area contributed by atoms with Crippen LogP contribution in [0.4, 0.5) is 5.69 Å². The van der Waals surface area contributed by atoms with E-state index in [-0.39, 0.29) is 11.0 Å². The average Bonchev–Trinajstić information content (AvgIpc) is 3.00. The van der Waals surface area contributed by atoms with Crippen molar-refractivity contribution in [3.63, 3.8) is 0 Å². The number of hydrogen-bond acceptors (Lipinski definition) is 4. The van der Waals surface area contributed by atoms with Gasteiger partial charge in [0.25, 0.3) is 5.91 Å². The molecule has 2 aromatic rings. The smallest absolute Gasteiger partial charge is 0.267 e. The van der Waals surface area contributed by atoms with E-state index in [0.29, 0.717) is 11.5 Å². The molecule has 0 aliphatic rings. The largest absolute Gasteiger partial charge is 0.489 e. The van der Waals surface area contributed by atoms with Gasteiger partial charge in [0.2, 0.25) is 0 Å². The average molecular weight is 332 g/mol. The molecule has 2 N–H and O–H groups in total. The first kappa shape index (κ1) is 16.2. The van der Waals surface area contributed by atoms with Crippen LogP contribution < -0.4 is 15.4 Å². The first-order valence-corrected chi connectivity index (χ1v) is 7.86. The summed E-state index contributed by atoms with van der Waals surface area (Å²) >= 11 is 6.49. The number of hydrogen-bond donors (Lipinski definition) is 2. The van der Waals surface area contributed by atoms with Crippen LogP contribution in [0.3, 0.4) is 0 Å². The zero-order chi connectivity index (χ0) is 15.9. The predicted molar refractivity (Wildman–Crippen MR) is 94.8 cm³/mol. The molecule has 2 rings (SSSR count). The molecule has 1 amide bonds. The fourth-order valence-corrected chi connectivity index (χ4v) is 2.41. The van der Waals surface area contributed by atoms with Crippen molar-refractivity contribution in [2.24, 2.45) is 0 Å².